The zero-order chi connectivity index (χ0) is 20.5. The van der Waals surface area contributed by atoms with Gasteiger partial charge in [0, 0.05) is 44.3 Å². The summed E-state index contributed by atoms with van der Waals surface area (Å²) < 4.78 is 0. The van der Waals surface area contributed by atoms with Crippen molar-refractivity contribution in [1.82, 2.24) is 15.5 Å². The molecule has 1 unspecified atom stereocenters. The maximum atomic E-state index is 12.2. The molecule has 29 heavy (non-hydrogen) atoms. The molecule has 3 rings (SSSR count). The largest absolute Gasteiger partial charge is 0.355 e. The number of guanidine groups is 1. The number of aliphatic imine (C=N–C) groups is 1. The van der Waals surface area contributed by atoms with E-state index in [0.717, 1.165) is 49.2 Å². The van der Waals surface area contributed by atoms with Crippen molar-refractivity contribution in [2.24, 2.45) is 10.9 Å². The van der Waals surface area contributed by atoms with Gasteiger partial charge in [0.25, 0.3) is 0 Å². The third-order valence-corrected chi connectivity index (χ3v) is 6.27. The Morgan fingerprint density at radius 2 is 2.03 bits per heavy atom. The first kappa shape index (κ1) is 21.6. The first-order chi connectivity index (χ1) is 14.2. The van der Waals surface area contributed by atoms with Crippen molar-refractivity contribution >= 4 is 17.6 Å². The van der Waals surface area contributed by atoms with Crippen molar-refractivity contribution in [3.05, 3.63) is 29.8 Å². The zero-order valence-electron chi connectivity index (χ0n) is 18.0. The zero-order valence-corrected chi connectivity index (χ0v) is 18.0. The number of likely N-dealkylation sites (tertiary alicyclic amines) is 1. The molecule has 1 aliphatic heterocycles. The molecule has 1 saturated heterocycles. The minimum atomic E-state index is 0.155. The van der Waals surface area contributed by atoms with Crippen LogP contribution in [-0.4, -0.2) is 49.5 Å². The molecule has 0 radical (unpaired) electrons. The highest BCUT2D eigenvalue weighted by Gasteiger charge is 2.25. The fraction of sp³-hybridized carbons (Fsp3) is 0.652. The van der Waals surface area contributed by atoms with Gasteiger partial charge in [0.05, 0.1) is 0 Å². The standard InChI is InChI=1S/C23H37N5O/c1-3-21-12-4-5-14-28(21)15-13-25-23(24-2)26-17-18-8-6-11-20(16-18)27-22(29)19-9-7-10-19/h6,8,11,16,19,21H,3-5,7,9-10,12-15,17H2,1-2H3,(H,27,29)(H2,24,25,26). The first-order valence-corrected chi connectivity index (χ1v) is 11.3. The highest BCUT2D eigenvalue weighted by molar-refractivity contribution is 5.93. The lowest BCUT2D eigenvalue weighted by atomic mass is 9.85. The van der Waals surface area contributed by atoms with Crippen molar-refractivity contribution in [1.29, 1.82) is 0 Å². The van der Waals surface area contributed by atoms with E-state index in [1.807, 2.05) is 18.2 Å². The fourth-order valence-electron chi connectivity index (χ4n) is 4.21. The Morgan fingerprint density at radius 1 is 1.17 bits per heavy atom. The summed E-state index contributed by atoms with van der Waals surface area (Å²) in [5, 5.41) is 9.87. The second-order valence-corrected chi connectivity index (χ2v) is 8.26. The summed E-state index contributed by atoms with van der Waals surface area (Å²) in [7, 11) is 1.81. The van der Waals surface area contributed by atoms with Crippen molar-refractivity contribution in [2.45, 2.75) is 64.5 Å². The molecule has 3 N–H and O–H groups in total. The molecule has 1 aromatic rings. The van der Waals surface area contributed by atoms with Crippen LogP contribution in [0.3, 0.4) is 0 Å². The normalized spacial score (nSPS) is 20.8. The van der Waals surface area contributed by atoms with E-state index in [0.29, 0.717) is 6.54 Å². The molecule has 160 valence electrons. The van der Waals surface area contributed by atoms with Crippen molar-refractivity contribution in [3.8, 4) is 0 Å². The van der Waals surface area contributed by atoms with Gasteiger partial charge < -0.3 is 16.0 Å². The van der Waals surface area contributed by atoms with E-state index < -0.39 is 0 Å². The second kappa shape index (κ2) is 11.2. The van der Waals surface area contributed by atoms with Crippen LogP contribution < -0.4 is 16.0 Å². The molecule has 1 amide bonds. The predicted octanol–water partition coefficient (Wildman–Crippen LogP) is 3.35. The van der Waals surface area contributed by atoms with Gasteiger partial charge >= 0.3 is 0 Å². The van der Waals surface area contributed by atoms with E-state index in [4.69, 9.17) is 0 Å². The molecule has 0 aromatic heterocycles. The molecular weight excluding hydrogens is 362 g/mol. The van der Waals surface area contributed by atoms with Crippen LogP contribution in [0.5, 0.6) is 0 Å². The van der Waals surface area contributed by atoms with E-state index >= 15 is 0 Å². The van der Waals surface area contributed by atoms with Crippen LogP contribution in [0.15, 0.2) is 29.3 Å². The second-order valence-electron chi connectivity index (χ2n) is 8.26. The average Bonchev–Trinajstić information content (AvgIpc) is 2.69. The van der Waals surface area contributed by atoms with Gasteiger partial charge in [0.2, 0.25) is 5.91 Å². The molecule has 1 heterocycles. The molecule has 1 saturated carbocycles. The van der Waals surface area contributed by atoms with Gasteiger partial charge in [-0.25, -0.2) is 0 Å². The minimum Gasteiger partial charge on any atom is -0.355 e. The average molecular weight is 400 g/mol. The monoisotopic (exact) mass is 399 g/mol. The maximum absolute atomic E-state index is 12.2. The van der Waals surface area contributed by atoms with Gasteiger partial charge in [-0.1, -0.05) is 31.9 Å². The van der Waals surface area contributed by atoms with Gasteiger partial charge in [-0.05, 0) is 56.3 Å². The number of piperidine rings is 1. The predicted molar refractivity (Wildman–Crippen MR) is 120 cm³/mol. The topological polar surface area (TPSA) is 68.8 Å². The molecule has 0 spiro atoms. The third-order valence-electron chi connectivity index (χ3n) is 6.27. The summed E-state index contributed by atoms with van der Waals surface area (Å²) in [6, 6.07) is 8.79. The Hall–Kier alpha value is -2.08. The lowest BCUT2D eigenvalue weighted by Crippen LogP contribution is -2.45. The number of anilines is 1. The van der Waals surface area contributed by atoms with Crippen LogP contribution in [-0.2, 0) is 11.3 Å². The van der Waals surface area contributed by atoms with E-state index in [9.17, 15) is 4.79 Å². The van der Waals surface area contributed by atoms with Crippen LogP contribution >= 0.6 is 0 Å². The summed E-state index contributed by atoms with van der Waals surface area (Å²) in [5.41, 5.74) is 2.00. The van der Waals surface area contributed by atoms with Gasteiger partial charge in [-0.2, -0.15) is 0 Å². The molecule has 6 heteroatoms. The summed E-state index contributed by atoms with van der Waals surface area (Å²) in [4.78, 5) is 19.1. The highest BCUT2D eigenvalue weighted by Crippen LogP contribution is 2.27. The molecule has 1 atom stereocenters. The SMILES string of the molecule is CCC1CCCCN1CCNC(=NC)NCc1cccc(NC(=O)C2CCC2)c1. The van der Waals surface area contributed by atoms with Crippen molar-refractivity contribution in [2.75, 3.05) is 32.0 Å². The van der Waals surface area contributed by atoms with Gasteiger partial charge in [0.1, 0.15) is 0 Å². The Morgan fingerprint density at radius 3 is 2.76 bits per heavy atom. The van der Waals surface area contributed by atoms with Crippen LogP contribution in [0.1, 0.15) is 57.4 Å². The Bertz CT molecular complexity index is 686. The first-order valence-electron chi connectivity index (χ1n) is 11.3. The number of nitrogens with zero attached hydrogens (tertiary/aromatic N) is 2. The van der Waals surface area contributed by atoms with E-state index in [-0.39, 0.29) is 11.8 Å². The smallest absolute Gasteiger partial charge is 0.227 e. The summed E-state index contributed by atoms with van der Waals surface area (Å²) >= 11 is 0. The lowest BCUT2D eigenvalue weighted by Gasteiger charge is -2.35. The van der Waals surface area contributed by atoms with Crippen LogP contribution in [0.25, 0.3) is 0 Å². The minimum absolute atomic E-state index is 0.155. The number of hydrogen-bond donors (Lipinski definition) is 3. The van der Waals surface area contributed by atoms with Crippen LogP contribution in [0.2, 0.25) is 0 Å². The van der Waals surface area contributed by atoms with E-state index in [1.54, 1.807) is 7.05 Å². The highest BCUT2D eigenvalue weighted by atomic mass is 16.1. The Labute approximate surface area is 175 Å². The Balaban J connectivity index is 1.41. The van der Waals surface area contributed by atoms with Gasteiger partial charge in [-0.15, -0.1) is 0 Å². The van der Waals surface area contributed by atoms with Crippen molar-refractivity contribution < 1.29 is 4.79 Å². The number of rotatable bonds is 8. The van der Waals surface area contributed by atoms with Crippen LogP contribution in [0, 0.1) is 5.92 Å². The molecule has 1 aromatic carbocycles. The molecule has 1 aliphatic carbocycles. The molecule has 0 bridgehead atoms. The fourth-order valence-corrected chi connectivity index (χ4v) is 4.21. The van der Waals surface area contributed by atoms with Crippen molar-refractivity contribution in [3.63, 3.8) is 0 Å². The summed E-state index contributed by atoms with van der Waals surface area (Å²) in [6.07, 6.45) is 8.46. The molecule has 2 aliphatic rings. The number of hydrogen-bond acceptors (Lipinski definition) is 3. The van der Waals surface area contributed by atoms with E-state index in [2.05, 4.69) is 38.8 Å². The van der Waals surface area contributed by atoms with Crippen LogP contribution in [0.4, 0.5) is 5.69 Å². The summed E-state index contributed by atoms with van der Waals surface area (Å²) in [5.74, 6) is 1.17. The molecule has 2 fully saturated rings. The number of benzene rings is 1. The van der Waals surface area contributed by atoms with E-state index in [1.165, 1.54) is 38.6 Å². The number of carbonyl (C=O) groups excluding carboxylic acids is 1. The summed E-state index contributed by atoms with van der Waals surface area (Å²) in [6.45, 7) is 6.13. The van der Waals surface area contributed by atoms with Gasteiger partial charge in [-0.3, -0.25) is 14.7 Å². The quantitative estimate of drug-likeness (QED) is 0.463. The third kappa shape index (κ3) is 6.46. The van der Waals surface area contributed by atoms with Gasteiger partial charge in [0.15, 0.2) is 5.96 Å². The number of nitrogens with one attached hydrogen (secondary N) is 3. The number of amides is 1. The molecule has 6 nitrogen and oxygen atoms in total. The Kier molecular flexibility index (Phi) is 8.35. The molecular formula is C23H37N5O. The maximum Gasteiger partial charge on any atom is 0.227 e. The lowest BCUT2D eigenvalue weighted by molar-refractivity contribution is -0.122. The number of carbonyl (C=O) groups is 1.